The molecule has 2 rings (SSSR count). The first-order chi connectivity index (χ1) is 8.18. The minimum atomic E-state index is 0.115. The Kier molecular flexibility index (Phi) is 3.74. The third-order valence-corrected chi connectivity index (χ3v) is 3.34. The van der Waals surface area contributed by atoms with Crippen molar-refractivity contribution in [1.29, 1.82) is 0 Å². The number of rotatable bonds is 3. The zero-order chi connectivity index (χ0) is 12.3. The van der Waals surface area contributed by atoms with Gasteiger partial charge in [-0.15, -0.1) is 0 Å². The number of hydrogen-bond acceptors (Lipinski definition) is 3. The van der Waals surface area contributed by atoms with Gasteiger partial charge >= 0.3 is 0 Å². The lowest BCUT2D eigenvalue weighted by molar-refractivity contribution is -0.135. The summed E-state index contributed by atoms with van der Waals surface area (Å²) in [7, 11) is 1.85. The van der Waals surface area contributed by atoms with Gasteiger partial charge in [-0.2, -0.15) is 0 Å². The molecule has 17 heavy (non-hydrogen) atoms. The highest BCUT2D eigenvalue weighted by Crippen LogP contribution is 2.18. The number of carbonyl (C=O) groups is 1. The number of carbonyl (C=O) groups excluding carboxylic acids is 1. The first-order valence-electron chi connectivity index (χ1n) is 6.04. The Hall–Kier alpha value is -1.42. The summed E-state index contributed by atoms with van der Waals surface area (Å²) in [6, 6.07) is 5.77. The minimum absolute atomic E-state index is 0.115. The van der Waals surface area contributed by atoms with Crippen LogP contribution in [0.2, 0.25) is 0 Å². The van der Waals surface area contributed by atoms with Gasteiger partial charge in [0.1, 0.15) is 0 Å². The summed E-state index contributed by atoms with van der Waals surface area (Å²) in [6.45, 7) is 4.44. The standard InChI is InChI=1S/C13H19N3O/c1-10-7-14-8-12(10)13(17)16(2)9-11-5-3-4-6-15-11/h3-6,10,12,14H,7-9H2,1-2H3. The number of nitrogens with zero attached hydrogens (tertiary/aromatic N) is 2. The van der Waals surface area contributed by atoms with Crippen LogP contribution in [0, 0.1) is 11.8 Å². The predicted octanol–water partition coefficient (Wildman–Crippen LogP) is 0.895. The van der Waals surface area contributed by atoms with E-state index in [9.17, 15) is 4.79 Å². The molecule has 1 amide bonds. The lowest BCUT2D eigenvalue weighted by Crippen LogP contribution is -2.35. The molecule has 1 N–H and O–H groups in total. The summed E-state index contributed by atoms with van der Waals surface area (Å²) >= 11 is 0. The number of aromatic nitrogens is 1. The van der Waals surface area contributed by atoms with E-state index in [1.807, 2.05) is 25.2 Å². The molecule has 1 aromatic rings. The third kappa shape index (κ3) is 2.82. The van der Waals surface area contributed by atoms with Crippen molar-refractivity contribution >= 4 is 5.91 Å². The molecule has 1 aliphatic rings. The summed E-state index contributed by atoms with van der Waals surface area (Å²) in [6.07, 6.45) is 1.76. The summed E-state index contributed by atoms with van der Waals surface area (Å²) < 4.78 is 0. The molecule has 1 fully saturated rings. The van der Waals surface area contributed by atoms with Crippen molar-refractivity contribution in [3.8, 4) is 0 Å². The van der Waals surface area contributed by atoms with Crippen LogP contribution in [-0.4, -0.2) is 35.9 Å². The Labute approximate surface area is 102 Å². The van der Waals surface area contributed by atoms with Crippen molar-refractivity contribution in [2.45, 2.75) is 13.5 Å². The van der Waals surface area contributed by atoms with Gasteiger partial charge in [-0.05, 0) is 24.6 Å². The Balaban J connectivity index is 1.96. The fourth-order valence-electron chi connectivity index (χ4n) is 2.24. The van der Waals surface area contributed by atoms with Gasteiger partial charge in [-0.25, -0.2) is 0 Å². The van der Waals surface area contributed by atoms with E-state index >= 15 is 0 Å². The molecular formula is C13H19N3O. The monoisotopic (exact) mass is 233 g/mol. The minimum Gasteiger partial charge on any atom is -0.340 e. The van der Waals surface area contributed by atoms with Gasteiger partial charge in [-0.3, -0.25) is 9.78 Å². The summed E-state index contributed by atoms with van der Waals surface area (Å²) in [5.74, 6) is 0.755. The molecular weight excluding hydrogens is 214 g/mol. The van der Waals surface area contributed by atoms with E-state index in [-0.39, 0.29) is 11.8 Å². The van der Waals surface area contributed by atoms with Crippen molar-refractivity contribution in [3.05, 3.63) is 30.1 Å². The number of nitrogens with one attached hydrogen (secondary N) is 1. The first-order valence-corrected chi connectivity index (χ1v) is 6.04. The van der Waals surface area contributed by atoms with Gasteiger partial charge < -0.3 is 10.2 Å². The molecule has 0 aromatic carbocycles. The molecule has 1 aliphatic heterocycles. The molecule has 1 aromatic heterocycles. The quantitative estimate of drug-likeness (QED) is 0.843. The largest absolute Gasteiger partial charge is 0.340 e. The maximum absolute atomic E-state index is 12.2. The number of amides is 1. The van der Waals surface area contributed by atoms with E-state index in [1.54, 1.807) is 11.1 Å². The van der Waals surface area contributed by atoms with Crippen LogP contribution in [0.4, 0.5) is 0 Å². The second-order valence-corrected chi connectivity index (χ2v) is 4.76. The lowest BCUT2D eigenvalue weighted by Gasteiger charge is -2.22. The van der Waals surface area contributed by atoms with Crippen molar-refractivity contribution in [2.75, 3.05) is 20.1 Å². The summed E-state index contributed by atoms with van der Waals surface area (Å²) in [4.78, 5) is 18.2. The Morgan fingerprint density at radius 3 is 2.94 bits per heavy atom. The van der Waals surface area contributed by atoms with E-state index in [0.29, 0.717) is 12.5 Å². The first kappa shape index (κ1) is 12.0. The fourth-order valence-corrected chi connectivity index (χ4v) is 2.24. The molecule has 2 unspecified atom stereocenters. The Morgan fingerprint density at radius 1 is 1.53 bits per heavy atom. The van der Waals surface area contributed by atoms with Crippen LogP contribution in [0.5, 0.6) is 0 Å². The molecule has 1 saturated heterocycles. The predicted molar refractivity (Wildman–Crippen MR) is 66.2 cm³/mol. The van der Waals surface area contributed by atoms with Gasteiger partial charge in [0.15, 0.2) is 0 Å². The van der Waals surface area contributed by atoms with E-state index in [0.717, 1.165) is 18.8 Å². The highest BCUT2D eigenvalue weighted by atomic mass is 16.2. The molecule has 0 spiro atoms. The fraction of sp³-hybridized carbons (Fsp3) is 0.538. The van der Waals surface area contributed by atoms with Crippen LogP contribution < -0.4 is 5.32 Å². The van der Waals surface area contributed by atoms with E-state index in [4.69, 9.17) is 0 Å². The van der Waals surface area contributed by atoms with Crippen LogP contribution in [0.1, 0.15) is 12.6 Å². The summed E-state index contributed by atoms with van der Waals surface area (Å²) in [5.41, 5.74) is 0.932. The number of pyridine rings is 1. The highest BCUT2D eigenvalue weighted by Gasteiger charge is 2.31. The lowest BCUT2D eigenvalue weighted by atomic mass is 9.97. The highest BCUT2D eigenvalue weighted by molar-refractivity contribution is 5.79. The topological polar surface area (TPSA) is 45.2 Å². The van der Waals surface area contributed by atoms with Gasteiger partial charge in [0, 0.05) is 19.8 Å². The zero-order valence-corrected chi connectivity index (χ0v) is 10.4. The average Bonchev–Trinajstić information content (AvgIpc) is 2.76. The van der Waals surface area contributed by atoms with Gasteiger partial charge in [-0.1, -0.05) is 13.0 Å². The normalized spacial score (nSPS) is 23.6. The summed E-state index contributed by atoms with van der Waals surface area (Å²) in [5, 5.41) is 3.26. The van der Waals surface area contributed by atoms with Crippen LogP contribution >= 0.6 is 0 Å². The molecule has 0 saturated carbocycles. The van der Waals surface area contributed by atoms with Gasteiger partial charge in [0.2, 0.25) is 5.91 Å². The smallest absolute Gasteiger partial charge is 0.227 e. The van der Waals surface area contributed by atoms with Gasteiger partial charge in [0.05, 0.1) is 18.2 Å². The van der Waals surface area contributed by atoms with Crippen molar-refractivity contribution < 1.29 is 4.79 Å². The maximum atomic E-state index is 12.2. The average molecular weight is 233 g/mol. The second-order valence-electron chi connectivity index (χ2n) is 4.76. The molecule has 4 nitrogen and oxygen atoms in total. The molecule has 2 heterocycles. The molecule has 0 bridgehead atoms. The maximum Gasteiger partial charge on any atom is 0.227 e. The third-order valence-electron chi connectivity index (χ3n) is 3.34. The molecule has 0 radical (unpaired) electrons. The van der Waals surface area contributed by atoms with Crippen molar-refractivity contribution in [3.63, 3.8) is 0 Å². The molecule has 92 valence electrons. The molecule has 4 heteroatoms. The van der Waals surface area contributed by atoms with Gasteiger partial charge in [0.25, 0.3) is 0 Å². The van der Waals surface area contributed by atoms with Crippen LogP contribution in [-0.2, 0) is 11.3 Å². The van der Waals surface area contributed by atoms with E-state index in [2.05, 4.69) is 17.2 Å². The Morgan fingerprint density at radius 2 is 2.35 bits per heavy atom. The number of hydrogen-bond donors (Lipinski definition) is 1. The van der Waals surface area contributed by atoms with Crippen molar-refractivity contribution in [2.24, 2.45) is 11.8 Å². The second kappa shape index (κ2) is 5.27. The Bertz CT molecular complexity index is 380. The molecule has 2 atom stereocenters. The van der Waals surface area contributed by atoms with Crippen LogP contribution in [0.3, 0.4) is 0 Å². The molecule has 0 aliphatic carbocycles. The zero-order valence-electron chi connectivity index (χ0n) is 10.4. The SMILES string of the molecule is CC1CNCC1C(=O)N(C)Cc1ccccn1. The van der Waals surface area contributed by atoms with Crippen LogP contribution in [0.25, 0.3) is 0 Å². The van der Waals surface area contributed by atoms with Crippen LogP contribution in [0.15, 0.2) is 24.4 Å². The van der Waals surface area contributed by atoms with Crippen molar-refractivity contribution in [1.82, 2.24) is 15.2 Å². The van der Waals surface area contributed by atoms with E-state index in [1.165, 1.54) is 0 Å². The van der Waals surface area contributed by atoms with E-state index < -0.39 is 0 Å².